The summed E-state index contributed by atoms with van der Waals surface area (Å²) in [5.41, 5.74) is -0.613. The average molecular weight is 320 g/mol. The zero-order valence-corrected chi connectivity index (χ0v) is 12.1. The van der Waals surface area contributed by atoms with E-state index >= 15 is 0 Å². The van der Waals surface area contributed by atoms with E-state index in [1.807, 2.05) is 0 Å². The molecule has 0 spiro atoms. The molecular formula is C14H19F3N2O3. The van der Waals surface area contributed by atoms with E-state index in [2.05, 4.69) is 0 Å². The summed E-state index contributed by atoms with van der Waals surface area (Å²) in [5.74, 6) is -0.866. The van der Waals surface area contributed by atoms with Gasteiger partial charge < -0.3 is 14.9 Å². The molecule has 0 aromatic carbocycles. The lowest BCUT2D eigenvalue weighted by atomic mass is 10.1. The number of hydrogen-bond acceptors (Lipinski definition) is 3. The van der Waals surface area contributed by atoms with E-state index in [1.165, 1.54) is 9.80 Å². The number of nitrogens with zero attached hydrogens (tertiary/aromatic N) is 2. The van der Waals surface area contributed by atoms with E-state index in [0.29, 0.717) is 25.8 Å². The number of aliphatic hydroxyl groups is 1. The number of rotatable bonds is 2. The van der Waals surface area contributed by atoms with E-state index in [1.54, 1.807) is 0 Å². The van der Waals surface area contributed by atoms with Crippen molar-refractivity contribution in [1.82, 2.24) is 9.80 Å². The molecule has 0 aromatic rings. The number of alkyl halides is 3. The van der Waals surface area contributed by atoms with Crippen molar-refractivity contribution in [1.29, 1.82) is 0 Å². The number of carbonyl (C=O) groups is 2. The largest absolute Gasteiger partial charge is 0.412 e. The number of halogens is 3. The van der Waals surface area contributed by atoms with Crippen molar-refractivity contribution >= 4 is 11.8 Å². The molecule has 0 aromatic heterocycles. The highest BCUT2D eigenvalue weighted by atomic mass is 19.4. The summed E-state index contributed by atoms with van der Waals surface area (Å²) in [6.45, 7) is 0.0945. The zero-order valence-electron chi connectivity index (χ0n) is 12.1. The molecule has 0 saturated carbocycles. The lowest BCUT2D eigenvalue weighted by molar-refractivity contribution is -0.145. The van der Waals surface area contributed by atoms with Gasteiger partial charge in [-0.25, -0.2) is 0 Å². The first kappa shape index (κ1) is 16.8. The van der Waals surface area contributed by atoms with Crippen molar-refractivity contribution in [3.05, 3.63) is 11.6 Å². The molecule has 1 atom stereocenters. The van der Waals surface area contributed by atoms with Gasteiger partial charge in [0.05, 0.1) is 6.54 Å². The van der Waals surface area contributed by atoms with Gasteiger partial charge in [-0.1, -0.05) is 6.08 Å². The third-order valence-electron chi connectivity index (χ3n) is 4.00. The van der Waals surface area contributed by atoms with E-state index in [4.69, 9.17) is 0 Å². The molecule has 1 N–H and O–H groups in total. The van der Waals surface area contributed by atoms with Crippen molar-refractivity contribution in [2.24, 2.45) is 0 Å². The van der Waals surface area contributed by atoms with Crippen LogP contribution < -0.4 is 0 Å². The Bertz CT molecular complexity index is 476. The van der Waals surface area contributed by atoms with Crippen LogP contribution >= 0.6 is 0 Å². The molecule has 0 bridgehead atoms. The SMILES string of the molecule is O=C(CN1CCCCC(O)C1=O)N1CC=C(C(F)(F)F)CC1. The van der Waals surface area contributed by atoms with E-state index in [0.717, 1.165) is 6.08 Å². The van der Waals surface area contributed by atoms with E-state index in [9.17, 15) is 27.9 Å². The quantitative estimate of drug-likeness (QED) is 0.775. The lowest BCUT2D eigenvalue weighted by Gasteiger charge is -2.30. The molecule has 22 heavy (non-hydrogen) atoms. The molecule has 5 nitrogen and oxygen atoms in total. The van der Waals surface area contributed by atoms with Crippen molar-refractivity contribution < 1.29 is 27.9 Å². The highest BCUT2D eigenvalue weighted by Crippen LogP contribution is 2.30. The monoisotopic (exact) mass is 320 g/mol. The number of carbonyl (C=O) groups excluding carboxylic acids is 2. The molecule has 0 aliphatic carbocycles. The van der Waals surface area contributed by atoms with Crippen LogP contribution in [0.3, 0.4) is 0 Å². The maximum atomic E-state index is 12.5. The van der Waals surface area contributed by atoms with E-state index in [-0.39, 0.29) is 32.0 Å². The van der Waals surface area contributed by atoms with Gasteiger partial charge in [0, 0.05) is 25.2 Å². The van der Waals surface area contributed by atoms with Gasteiger partial charge in [-0.05, 0) is 25.7 Å². The molecule has 2 aliphatic heterocycles. The van der Waals surface area contributed by atoms with Crippen LogP contribution in [0.2, 0.25) is 0 Å². The molecule has 1 unspecified atom stereocenters. The van der Waals surface area contributed by atoms with Gasteiger partial charge in [-0.2, -0.15) is 13.2 Å². The van der Waals surface area contributed by atoms with Crippen LogP contribution in [0.15, 0.2) is 11.6 Å². The van der Waals surface area contributed by atoms with Crippen LogP contribution in [0.5, 0.6) is 0 Å². The molecule has 8 heteroatoms. The normalized spacial score (nSPS) is 24.1. The minimum Gasteiger partial charge on any atom is -0.383 e. The highest BCUT2D eigenvalue weighted by Gasteiger charge is 2.36. The molecule has 1 saturated heterocycles. The Morgan fingerprint density at radius 3 is 2.64 bits per heavy atom. The predicted octanol–water partition coefficient (Wildman–Crippen LogP) is 1.08. The van der Waals surface area contributed by atoms with Crippen LogP contribution in [-0.2, 0) is 9.59 Å². The minimum absolute atomic E-state index is 0.00520. The first-order valence-corrected chi connectivity index (χ1v) is 7.30. The Labute approximate surface area is 126 Å². The molecule has 2 rings (SSSR count). The number of hydrogen-bond donors (Lipinski definition) is 1. The Morgan fingerprint density at radius 2 is 2.05 bits per heavy atom. The smallest absolute Gasteiger partial charge is 0.383 e. The summed E-state index contributed by atoms with van der Waals surface area (Å²) in [4.78, 5) is 26.6. The third-order valence-corrected chi connectivity index (χ3v) is 4.00. The standard InChI is InChI=1S/C14H19F3N2O3/c15-14(16,17)10-4-7-18(8-5-10)12(21)9-19-6-2-1-3-11(20)13(19)22/h4,11,20H,1-3,5-9H2. The molecule has 0 radical (unpaired) electrons. The van der Waals surface area contributed by atoms with Crippen molar-refractivity contribution in [3.8, 4) is 0 Å². The summed E-state index contributed by atoms with van der Waals surface area (Å²) < 4.78 is 37.6. The predicted molar refractivity (Wildman–Crippen MR) is 71.8 cm³/mol. The van der Waals surface area contributed by atoms with Crippen LogP contribution in [0.25, 0.3) is 0 Å². The van der Waals surface area contributed by atoms with Gasteiger partial charge in [-0.3, -0.25) is 9.59 Å². The topological polar surface area (TPSA) is 60.9 Å². The number of likely N-dealkylation sites (tertiary alicyclic amines) is 1. The summed E-state index contributed by atoms with van der Waals surface area (Å²) in [6, 6.07) is 0. The second-order valence-electron chi connectivity index (χ2n) is 5.59. The molecule has 1 fully saturated rings. The van der Waals surface area contributed by atoms with Gasteiger partial charge in [0.1, 0.15) is 6.10 Å². The molecule has 2 amide bonds. The van der Waals surface area contributed by atoms with Gasteiger partial charge in [0.25, 0.3) is 5.91 Å². The number of amides is 2. The van der Waals surface area contributed by atoms with Gasteiger partial charge in [0.15, 0.2) is 0 Å². The maximum absolute atomic E-state index is 12.5. The molecular weight excluding hydrogens is 301 g/mol. The summed E-state index contributed by atoms with van der Waals surface area (Å²) in [5, 5.41) is 9.62. The Balaban J connectivity index is 1.93. The van der Waals surface area contributed by atoms with Crippen LogP contribution in [0.1, 0.15) is 25.7 Å². The fourth-order valence-corrected chi connectivity index (χ4v) is 2.66. The Hall–Kier alpha value is -1.57. The van der Waals surface area contributed by atoms with Gasteiger partial charge in [0.2, 0.25) is 5.91 Å². The lowest BCUT2D eigenvalue weighted by Crippen LogP contribution is -2.47. The second-order valence-corrected chi connectivity index (χ2v) is 5.59. The number of aliphatic hydroxyl groups excluding tert-OH is 1. The van der Waals surface area contributed by atoms with Crippen LogP contribution in [0.4, 0.5) is 13.2 Å². The third kappa shape index (κ3) is 4.00. The Morgan fingerprint density at radius 1 is 1.32 bits per heavy atom. The zero-order chi connectivity index (χ0) is 16.3. The molecule has 2 heterocycles. The fraction of sp³-hybridized carbons (Fsp3) is 0.714. The Kier molecular flexibility index (Phi) is 5.10. The molecule has 2 aliphatic rings. The fourth-order valence-electron chi connectivity index (χ4n) is 2.66. The van der Waals surface area contributed by atoms with Crippen molar-refractivity contribution in [3.63, 3.8) is 0 Å². The summed E-state index contributed by atoms with van der Waals surface area (Å²) in [6.07, 6.45) is -2.86. The summed E-state index contributed by atoms with van der Waals surface area (Å²) >= 11 is 0. The van der Waals surface area contributed by atoms with Crippen LogP contribution in [-0.4, -0.2) is 65.2 Å². The maximum Gasteiger partial charge on any atom is 0.412 e. The van der Waals surface area contributed by atoms with Crippen molar-refractivity contribution in [2.45, 2.75) is 38.0 Å². The average Bonchev–Trinajstić information content (AvgIpc) is 2.62. The van der Waals surface area contributed by atoms with Crippen LogP contribution in [0, 0.1) is 0 Å². The molecule has 124 valence electrons. The van der Waals surface area contributed by atoms with Gasteiger partial charge in [-0.15, -0.1) is 0 Å². The summed E-state index contributed by atoms with van der Waals surface area (Å²) in [7, 11) is 0. The minimum atomic E-state index is -4.35. The van der Waals surface area contributed by atoms with Crippen molar-refractivity contribution in [2.75, 3.05) is 26.2 Å². The second kappa shape index (κ2) is 6.68. The highest BCUT2D eigenvalue weighted by molar-refractivity contribution is 5.87. The first-order chi connectivity index (χ1) is 10.3. The van der Waals surface area contributed by atoms with Gasteiger partial charge >= 0.3 is 6.18 Å². The first-order valence-electron chi connectivity index (χ1n) is 7.30. The van der Waals surface area contributed by atoms with E-state index < -0.39 is 23.8 Å².